The van der Waals surface area contributed by atoms with E-state index in [9.17, 15) is 0 Å². The van der Waals surface area contributed by atoms with Crippen LogP contribution in [0.1, 0.15) is 11.4 Å². The van der Waals surface area contributed by atoms with Crippen LogP contribution in [0.15, 0.2) is 42.7 Å². The van der Waals surface area contributed by atoms with E-state index in [4.69, 9.17) is 5.26 Å². The average molecular weight is 207 g/mol. The lowest BCUT2D eigenvalue weighted by Crippen LogP contribution is -1.97. The van der Waals surface area contributed by atoms with Gasteiger partial charge in [0.25, 0.3) is 0 Å². The first kappa shape index (κ1) is 10.0. The van der Waals surface area contributed by atoms with Crippen molar-refractivity contribution in [3.05, 3.63) is 54.1 Å². The summed E-state index contributed by atoms with van der Waals surface area (Å²) < 4.78 is 1.72. The van der Waals surface area contributed by atoms with E-state index in [2.05, 4.69) is 16.8 Å². The Morgan fingerprint density at radius 1 is 1.25 bits per heavy atom. The average Bonchev–Trinajstić information content (AvgIpc) is 2.78. The fraction of sp³-hybridized carbons (Fsp3) is 0.0769. The van der Waals surface area contributed by atoms with Gasteiger partial charge < -0.3 is 4.57 Å². The first-order valence-electron chi connectivity index (χ1n) is 4.85. The van der Waals surface area contributed by atoms with Crippen LogP contribution in [-0.2, 0) is 6.54 Å². The molecule has 0 aliphatic heterocycles. The molecule has 0 aliphatic rings. The molecule has 0 unspecified atom stereocenters. The Labute approximate surface area is 94.0 Å². The topological polar surface area (TPSA) is 41.6 Å². The van der Waals surface area contributed by atoms with Crippen LogP contribution in [0.2, 0.25) is 0 Å². The zero-order chi connectivity index (χ0) is 11.2. The summed E-state index contributed by atoms with van der Waals surface area (Å²) in [5.74, 6) is 6.42. The van der Waals surface area contributed by atoms with E-state index in [-0.39, 0.29) is 0 Å². The Kier molecular flexibility index (Phi) is 3.01. The number of nitrogens with zero attached hydrogens (tertiary/aromatic N) is 3. The van der Waals surface area contributed by atoms with E-state index >= 15 is 0 Å². The molecule has 1 aromatic carbocycles. The molecule has 0 amide bonds. The van der Waals surface area contributed by atoms with Crippen molar-refractivity contribution < 1.29 is 0 Å². The number of aromatic nitrogens is 2. The zero-order valence-corrected chi connectivity index (χ0v) is 8.59. The predicted octanol–water partition coefficient (Wildman–Crippen LogP) is 1.81. The third-order valence-corrected chi connectivity index (χ3v) is 2.07. The molecule has 0 atom stereocenters. The van der Waals surface area contributed by atoms with Crippen LogP contribution >= 0.6 is 0 Å². The minimum atomic E-state index is 0.391. The SMILES string of the molecule is N#Cc1nccn1CC#Cc1ccccc1. The second-order valence-corrected chi connectivity index (χ2v) is 3.16. The normalized spacial score (nSPS) is 8.94. The number of imidazole rings is 1. The van der Waals surface area contributed by atoms with E-state index in [1.807, 2.05) is 36.4 Å². The molecule has 2 rings (SSSR count). The molecule has 3 nitrogen and oxygen atoms in total. The Balaban J connectivity index is 2.09. The second-order valence-electron chi connectivity index (χ2n) is 3.16. The molecule has 3 heteroatoms. The molecule has 1 heterocycles. The smallest absolute Gasteiger partial charge is 0.213 e. The first-order valence-corrected chi connectivity index (χ1v) is 4.85. The highest BCUT2D eigenvalue weighted by atomic mass is 15.0. The number of rotatable bonds is 1. The summed E-state index contributed by atoms with van der Waals surface area (Å²) in [5.41, 5.74) is 0.973. The molecule has 76 valence electrons. The van der Waals surface area contributed by atoms with E-state index < -0.39 is 0 Å². The summed E-state index contributed by atoms with van der Waals surface area (Å²) >= 11 is 0. The van der Waals surface area contributed by atoms with Gasteiger partial charge in [-0.05, 0) is 12.1 Å². The van der Waals surface area contributed by atoms with Crippen molar-refractivity contribution in [1.82, 2.24) is 9.55 Å². The van der Waals surface area contributed by atoms with Crippen molar-refractivity contribution >= 4 is 0 Å². The minimum absolute atomic E-state index is 0.391. The number of hydrogen-bond donors (Lipinski definition) is 0. The maximum atomic E-state index is 8.74. The molecule has 1 aromatic heterocycles. The van der Waals surface area contributed by atoms with Crippen LogP contribution in [0, 0.1) is 23.2 Å². The van der Waals surface area contributed by atoms with Gasteiger partial charge in [0.15, 0.2) is 0 Å². The van der Waals surface area contributed by atoms with E-state index in [1.165, 1.54) is 0 Å². The lowest BCUT2D eigenvalue weighted by Gasteiger charge is -1.94. The van der Waals surface area contributed by atoms with Crippen LogP contribution in [0.3, 0.4) is 0 Å². The molecule has 0 spiro atoms. The third-order valence-electron chi connectivity index (χ3n) is 2.07. The van der Waals surface area contributed by atoms with Crippen LogP contribution < -0.4 is 0 Å². The maximum Gasteiger partial charge on any atom is 0.213 e. The van der Waals surface area contributed by atoms with Gasteiger partial charge in [0.05, 0.1) is 6.54 Å². The highest BCUT2D eigenvalue weighted by molar-refractivity contribution is 5.33. The summed E-state index contributed by atoms with van der Waals surface area (Å²) in [4.78, 5) is 3.89. The Morgan fingerprint density at radius 3 is 2.81 bits per heavy atom. The number of hydrogen-bond acceptors (Lipinski definition) is 2. The van der Waals surface area contributed by atoms with Gasteiger partial charge in [-0.25, -0.2) is 4.98 Å². The Bertz CT molecular complexity index is 564. The van der Waals surface area contributed by atoms with Gasteiger partial charge >= 0.3 is 0 Å². The van der Waals surface area contributed by atoms with Crippen molar-refractivity contribution in [2.75, 3.05) is 0 Å². The van der Waals surface area contributed by atoms with Crippen LogP contribution in [0.25, 0.3) is 0 Å². The zero-order valence-electron chi connectivity index (χ0n) is 8.59. The highest BCUT2D eigenvalue weighted by Gasteiger charge is 1.97. The quantitative estimate of drug-likeness (QED) is 0.669. The molecule has 0 saturated carbocycles. The summed E-state index contributed by atoms with van der Waals surface area (Å²) in [7, 11) is 0. The van der Waals surface area contributed by atoms with Crippen LogP contribution in [0.4, 0.5) is 0 Å². The second kappa shape index (κ2) is 4.82. The van der Waals surface area contributed by atoms with Gasteiger partial charge in [0.2, 0.25) is 5.82 Å². The molecule has 0 aliphatic carbocycles. The molecule has 0 radical (unpaired) electrons. The Morgan fingerprint density at radius 2 is 2.06 bits per heavy atom. The minimum Gasteiger partial charge on any atom is -0.311 e. The molecular formula is C13H9N3. The maximum absolute atomic E-state index is 8.74. The van der Waals surface area contributed by atoms with Gasteiger partial charge in [0, 0.05) is 18.0 Å². The Hall–Kier alpha value is -2.52. The van der Waals surface area contributed by atoms with Crippen molar-refractivity contribution in [1.29, 1.82) is 5.26 Å². The summed E-state index contributed by atoms with van der Waals surface area (Å²) in [5, 5.41) is 8.74. The fourth-order valence-electron chi connectivity index (χ4n) is 1.30. The molecule has 0 N–H and O–H groups in total. The van der Waals surface area contributed by atoms with Crippen molar-refractivity contribution in [2.45, 2.75) is 6.54 Å². The van der Waals surface area contributed by atoms with Gasteiger partial charge in [-0.15, -0.1) is 0 Å². The first-order chi connectivity index (χ1) is 7.90. The molecule has 16 heavy (non-hydrogen) atoms. The van der Waals surface area contributed by atoms with Crippen molar-refractivity contribution in [2.24, 2.45) is 0 Å². The number of benzene rings is 1. The molecule has 0 fully saturated rings. The third kappa shape index (κ3) is 2.29. The number of nitriles is 1. The molecule has 2 aromatic rings. The standard InChI is InChI=1S/C13H9N3/c14-11-13-15-8-10-16(13)9-4-7-12-5-2-1-3-6-12/h1-3,5-6,8,10H,9H2. The van der Waals surface area contributed by atoms with Crippen LogP contribution in [0.5, 0.6) is 0 Å². The lowest BCUT2D eigenvalue weighted by molar-refractivity contribution is 0.821. The van der Waals surface area contributed by atoms with E-state index in [1.54, 1.807) is 17.0 Å². The van der Waals surface area contributed by atoms with Gasteiger partial charge in [-0.3, -0.25) is 0 Å². The molecule has 0 bridgehead atoms. The van der Waals surface area contributed by atoms with Crippen LogP contribution in [-0.4, -0.2) is 9.55 Å². The van der Waals surface area contributed by atoms with Crippen molar-refractivity contribution in [3.8, 4) is 17.9 Å². The summed E-state index contributed by atoms with van der Waals surface area (Å²) in [6.07, 6.45) is 3.35. The summed E-state index contributed by atoms with van der Waals surface area (Å²) in [6.45, 7) is 0.484. The van der Waals surface area contributed by atoms with Gasteiger partial charge in [0.1, 0.15) is 6.07 Å². The lowest BCUT2D eigenvalue weighted by atomic mass is 10.2. The molecule has 0 saturated heterocycles. The monoisotopic (exact) mass is 207 g/mol. The van der Waals surface area contributed by atoms with E-state index in [0.29, 0.717) is 12.4 Å². The fourth-order valence-corrected chi connectivity index (χ4v) is 1.30. The molecular weight excluding hydrogens is 198 g/mol. The largest absolute Gasteiger partial charge is 0.311 e. The predicted molar refractivity (Wildman–Crippen MR) is 60.3 cm³/mol. The van der Waals surface area contributed by atoms with Gasteiger partial charge in [-0.2, -0.15) is 5.26 Å². The summed E-state index contributed by atoms with van der Waals surface area (Å²) in [6, 6.07) is 11.8. The van der Waals surface area contributed by atoms with Crippen molar-refractivity contribution in [3.63, 3.8) is 0 Å². The van der Waals surface area contributed by atoms with E-state index in [0.717, 1.165) is 5.56 Å². The highest BCUT2D eigenvalue weighted by Crippen LogP contribution is 1.96. The van der Waals surface area contributed by atoms with Gasteiger partial charge in [-0.1, -0.05) is 30.0 Å².